The van der Waals surface area contributed by atoms with Gasteiger partial charge in [-0.1, -0.05) is 17.2 Å². The van der Waals surface area contributed by atoms with Crippen molar-refractivity contribution in [1.82, 2.24) is 0 Å². The van der Waals surface area contributed by atoms with Gasteiger partial charge < -0.3 is 4.74 Å². The Bertz CT molecular complexity index is 424. The van der Waals surface area contributed by atoms with Crippen molar-refractivity contribution in [2.24, 2.45) is 5.11 Å². The van der Waals surface area contributed by atoms with Gasteiger partial charge in [0.05, 0.1) is 6.54 Å². The van der Waals surface area contributed by atoms with Crippen molar-refractivity contribution in [3.8, 4) is 5.75 Å². The molecular formula is C9H7F3N3O. The van der Waals surface area contributed by atoms with Gasteiger partial charge in [0.15, 0.2) is 0 Å². The third-order valence-corrected chi connectivity index (χ3v) is 1.67. The predicted molar refractivity (Wildman–Crippen MR) is 50.4 cm³/mol. The largest absolute Gasteiger partial charge is 0.573 e. The van der Waals surface area contributed by atoms with Crippen molar-refractivity contribution in [1.29, 1.82) is 0 Å². The van der Waals surface area contributed by atoms with Crippen molar-refractivity contribution in [3.63, 3.8) is 0 Å². The maximum absolute atomic E-state index is 11.9. The zero-order valence-corrected chi connectivity index (χ0v) is 8.03. The Morgan fingerprint density at radius 2 is 2.12 bits per heavy atom. The maximum atomic E-state index is 11.9. The van der Waals surface area contributed by atoms with Crippen molar-refractivity contribution in [3.05, 3.63) is 46.7 Å². The second kappa shape index (κ2) is 4.76. The molecular weight excluding hydrogens is 223 g/mol. The maximum Gasteiger partial charge on any atom is 0.573 e. The van der Waals surface area contributed by atoms with Gasteiger partial charge in [0.25, 0.3) is 0 Å². The number of hydrogen-bond donors (Lipinski definition) is 0. The first kappa shape index (κ1) is 12.2. The van der Waals surface area contributed by atoms with E-state index in [1.54, 1.807) is 0 Å². The lowest BCUT2D eigenvalue weighted by atomic mass is 10.1. The third kappa shape index (κ3) is 3.70. The molecule has 1 aromatic carbocycles. The molecule has 1 rings (SSSR count). The SMILES string of the molecule is [CH2]c1cc(CN=[N+]=[N-])ccc1OC(F)(F)F. The first-order chi connectivity index (χ1) is 7.42. The number of ether oxygens (including phenoxy) is 1. The molecule has 1 aromatic rings. The standard InChI is InChI=1S/C9H7F3N3O/c1-6-4-7(5-14-15-13)2-3-8(6)16-9(10,11)12/h2-4H,1,5H2. The first-order valence-corrected chi connectivity index (χ1v) is 4.14. The Labute approximate surface area is 89.3 Å². The second-order valence-electron chi connectivity index (χ2n) is 2.88. The van der Waals surface area contributed by atoms with Crippen LogP contribution in [0.2, 0.25) is 0 Å². The fraction of sp³-hybridized carbons (Fsp3) is 0.222. The van der Waals surface area contributed by atoms with Crippen LogP contribution in [0.4, 0.5) is 13.2 Å². The van der Waals surface area contributed by atoms with E-state index in [9.17, 15) is 13.2 Å². The Morgan fingerprint density at radius 1 is 1.44 bits per heavy atom. The van der Waals surface area contributed by atoms with Gasteiger partial charge in [0, 0.05) is 4.91 Å². The topological polar surface area (TPSA) is 58.0 Å². The van der Waals surface area contributed by atoms with Crippen molar-refractivity contribution >= 4 is 0 Å². The van der Waals surface area contributed by atoms with E-state index in [1.165, 1.54) is 12.1 Å². The molecule has 0 fully saturated rings. The summed E-state index contributed by atoms with van der Waals surface area (Å²) >= 11 is 0. The number of halogens is 3. The van der Waals surface area contributed by atoms with E-state index in [1.807, 2.05) is 0 Å². The van der Waals surface area contributed by atoms with Crippen molar-refractivity contribution in [2.75, 3.05) is 0 Å². The summed E-state index contributed by atoms with van der Waals surface area (Å²) in [6.07, 6.45) is -4.74. The number of benzene rings is 1. The van der Waals surface area contributed by atoms with E-state index in [-0.39, 0.29) is 17.9 Å². The van der Waals surface area contributed by atoms with Crippen LogP contribution in [0.3, 0.4) is 0 Å². The molecule has 0 spiro atoms. The smallest absolute Gasteiger partial charge is 0.406 e. The summed E-state index contributed by atoms with van der Waals surface area (Å²) < 4.78 is 39.4. The summed E-state index contributed by atoms with van der Waals surface area (Å²) in [7, 11) is 0. The Hall–Kier alpha value is -1.88. The zero-order valence-electron chi connectivity index (χ0n) is 8.03. The summed E-state index contributed by atoms with van der Waals surface area (Å²) in [5, 5.41) is 3.28. The zero-order chi connectivity index (χ0) is 12.2. The highest BCUT2D eigenvalue weighted by molar-refractivity contribution is 5.39. The van der Waals surface area contributed by atoms with Crippen LogP contribution in [0.1, 0.15) is 11.1 Å². The molecule has 0 aliphatic carbocycles. The average Bonchev–Trinajstić information content (AvgIpc) is 2.17. The molecule has 0 aliphatic rings. The monoisotopic (exact) mass is 230 g/mol. The van der Waals surface area contributed by atoms with E-state index in [2.05, 4.69) is 21.7 Å². The van der Waals surface area contributed by atoms with Crippen LogP contribution in [-0.4, -0.2) is 6.36 Å². The van der Waals surface area contributed by atoms with Crippen LogP contribution >= 0.6 is 0 Å². The molecule has 85 valence electrons. The first-order valence-electron chi connectivity index (χ1n) is 4.14. The predicted octanol–water partition coefficient (Wildman–Crippen LogP) is 3.58. The summed E-state index contributed by atoms with van der Waals surface area (Å²) in [5.74, 6) is -0.364. The van der Waals surface area contributed by atoms with Crippen molar-refractivity contribution < 1.29 is 17.9 Å². The Kier molecular flexibility index (Phi) is 3.63. The molecule has 0 aliphatic heterocycles. The number of nitrogens with zero attached hydrogens (tertiary/aromatic N) is 3. The second-order valence-corrected chi connectivity index (χ2v) is 2.88. The van der Waals surface area contributed by atoms with Gasteiger partial charge in [-0.25, -0.2) is 0 Å². The molecule has 16 heavy (non-hydrogen) atoms. The van der Waals surface area contributed by atoms with Crippen molar-refractivity contribution in [2.45, 2.75) is 12.9 Å². The van der Waals surface area contributed by atoms with Crippen LogP contribution in [0.25, 0.3) is 10.4 Å². The minimum atomic E-state index is -4.74. The van der Waals surface area contributed by atoms with Crippen LogP contribution in [0.15, 0.2) is 23.3 Å². The molecule has 4 nitrogen and oxygen atoms in total. The minimum absolute atomic E-state index is 0.0608. The highest BCUT2D eigenvalue weighted by Gasteiger charge is 2.31. The molecule has 0 amide bonds. The molecule has 0 unspecified atom stereocenters. The Balaban J connectivity index is 2.87. The summed E-state index contributed by atoms with van der Waals surface area (Å²) in [6.45, 7) is 3.47. The molecule has 0 bridgehead atoms. The molecule has 7 heteroatoms. The lowest BCUT2D eigenvalue weighted by Crippen LogP contribution is -2.17. The fourth-order valence-electron chi connectivity index (χ4n) is 1.07. The van der Waals surface area contributed by atoms with Crippen LogP contribution < -0.4 is 4.74 Å². The normalized spacial score (nSPS) is 10.8. The molecule has 0 heterocycles. The summed E-state index contributed by atoms with van der Waals surface area (Å²) in [4.78, 5) is 2.54. The van der Waals surface area contributed by atoms with E-state index < -0.39 is 6.36 Å². The van der Waals surface area contributed by atoms with Crippen LogP contribution in [0.5, 0.6) is 5.75 Å². The van der Waals surface area contributed by atoms with E-state index in [4.69, 9.17) is 5.53 Å². The van der Waals surface area contributed by atoms with Gasteiger partial charge in [0.2, 0.25) is 0 Å². The van der Waals surface area contributed by atoms with Crippen LogP contribution in [-0.2, 0) is 6.54 Å². The molecule has 1 radical (unpaired) electrons. The van der Waals surface area contributed by atoms with Gasteiger partial charge in [-0.3, -0.25) is 0 Å². The van der Waals surface area contributed by atoms with Gasteiger partial charge in [-0.15, -0.1) is 13.2 Å². The minimum Gasteiger partial charge on any atom is -0.406 e. The number of azide groups is 1. The molecule has 0 aromatic heterocycles. The number of rotatable bonds is 3. The van der Waals surface area contributed by atoms with E-state index in [0.717, 1.165) is 6.07 Å². The van der Waals surface area contributed by atoms with Gasteiger partial charge in [-0.2, -0.15) is 0 Å². The number of alkyl halides is 3. The van der Waals surface area contributed by atoms with Gasteiger partial charge >= 0.3 is 6.36 Å². The fourth-order valence-corrected chi connectivity index (χ4v) is 1.07. The van der Waals surface area contributed by atoms with Gasteiger partial charge in [-0.05, 0) is 29.6 Å². The molecule has 0 saturated heterocycles. The highest BCUT2D eigenvalue weighted by Crippen LogP contribution is 2.26. The highest BCUT2D eigenvalue weighted by atomic mass is 19.4. The average molecular weight is 230 g/mol. The summed E-state index contributed by atoms with van der Waals surface area (Å²) in [5.41, 5.74) is 8.73. The molecule has 0 N–H and O–H groups in total. The summed E-state index contributed by atoms with van der Waals surface area (Å²) in [6, 6.07) is 3.89. The third-order valence-electron chi connectivity index (χ3n) is 1.67. The number of hydrogen-bond acceptors (Lipinski definition) is 2. The van der Waals surface area contributed by atoms with Gasteiger partial charge in [0.1, 0.15) is 5.75 Å². The van der Waals surface area contributed by atoms with Crippen LogP contribution in [0, 0.1) is 6.92 Å². The molecule has 0 atom stereocenters. The van der Waals surface area contributed by atoms with E-state index in [0.29, 0.717) is 5.56 Å². The lowest BCUT2D eigenvalue weighted by Gasteiger charge is -2.11. The Morgan fingerprint density at radius 3 is 2.62 bits per heavy atom. The van der Waals surface area contributed by atoms with E-state index >= 15 is 0 Å². The molecule has 0 saturated carbocycles. The quantitative estimate of drug-likeness (QED) is 0.444. The lowest BCUT2D eigenvalue weighted by molar-refractivity contribution is -0.274.